The molecule has 1 aromatic heterocycles. The van der Waals surface area contributed by atoms with Crippen LogP contribution in [0.15, 0.2) is 17.0 Å². The Kier molecular flexibility index (Phi) is 3.44. The van der Waals surface area contributed by atoms with Crippen molar-refractivity contribution in [3.63, 3.8) is 0 Å². The van der Waals surface area contributed by atoms with Gasteiger partial charge in [0.1, 0.15) is 0 Å². The number of carbonyl (C=O) groups excluding carboxylic acids is 1. The van der Waals surface area contributed by atoms with Crippen molar-refractivity contribution in [2.45, 2.75) is 6.04 Å². The van der Waals surface area contributed by atoms with Gasteiger partial charge in [-0.1, -0.05) is 0 Å². The molecule has 0 bridgehead atoms. The Morgan fingerprint density at radius 3 is 2.88 bits per heavy atom. The second-order valence-corrected chi connectivity index (χ2v) is 4.55. The van der Waals surface area contributed by atoms with Crippen molar-refractivity contribution in [2.24, 2.45) is 5.92 Å². The summed E-state index contributed by atoms with van der Waals surface area (Å²) in [5.74, 6) is 0.184. The lowest BCUT2D eigenvalue weighted by Crippen LogP contribution is -2.37. The first-order valence-corrected chi connectivity index (χ1v) is 5.58. The molecule has 17 heavy (non-hydrogen) atoms. The van der Waals surface area contributed by atoms with E-state index >= 15 is 0 Å². The molecule has 1 fully saturated rings. The molecule has 0 spiro atoms. The molecule has 0 aromatic carbocycles. The van der Waals surface area contributed by atoms with Crippen LogP contribution in [0.4, 0.5) is 0 Å². The van der Waals surface area contributed by atoms with E-state index in [1.807, 2.05) is 19.0 Å². The second kappa shape index (κ2) is 4.85. The fraction of sp³-hybridized carbons (Fsp3) is 0.636. The zero-order valence-electron chi connectivity index (χ0n) is 10.0. The van der Waals surface area contributed by atoms with Gasteiger partial charge in [-0.15, -0.1) is 0 Å². The van der Waals surface area contributed by atoms with Crippen LogP contribution in [-0.4, -0.2) is 65.6 Å². The second-order valence-electron chi connectivity index (χ2n) is 4.55. The molecule has 1 aliphatic heterocycles. The van der Waals surface area contributed by atoms with Crippen molar-refractivity contribution in [1.29, 1.82) is 0 Å². The average Bonchev–Trinajstić information content (AvgIpc) is 2.97. The minimum atomic E-state index is -0.162. The summed E-state index contributed by atoms with van der Waals surface area (Å²) in [6.07, 6.45) is 2.66. The van der Waals surface area contributed by atoms with Crippen LogP contribution in [-0.2, 0) is 0 Å². The average molecular weight is 239 g/mol. The molecule has 0 unspecified atom stereocenters. The number of oxazole rings is 1. The Labute approximate surface area is 99.8 Å². The van der Waals surface area contributed by atoms with Crippen molar-refractivity contribution >= 4 is 5.91 Å². The van der Waals surface area contributed by atoms with Crippen LogP contribution in [0.2, 0.25) is 0 Å². The number of aliphatic hydroxyl groups excluding tert-OH is 1. The Balaban J connectivity index is 2.07. The minimum Gasteiger partial charge on any atom is -0.438 e. The molecule has 1 aliphatic rings. The predicted molar refractivity (Wildman–Crippen MR) is 60.5 cm³/mol. The highest BCUT2D eigenvalue weighted by Gasteiger charge is 2.37. The van der Waals surface area contributed by atoms with E-state index in [1.165, 1.54) is 12.6 Å². The maximum atomic E-state index is 12.0. The van der Waals surface area contributed by atoms with Crippen molar-refractivity contribution in [1.82, 2.24) is 14.8 Å². The van der Waals surface area contributed by atoms with Crippen LogP contribution in [0.3, 0.4) is 0 Å². The quantitative estimate of drug-likeness (QED) is 0.782. The van der Waals surface area contributed by atoms with E-state index in [0.29, 0.717) is 13.1 Å². The van der Waals surface area contributed by atoms with Crippen LogP contribution in [0.5, 0.6) is 0 Å². The van der Waals surface area contributed by atoms with Gasteiger partial charge >= 0.3 is 0 Å². The molecule has 1 saturated heterocycles. The molecule has 6 nitrogen and oxygen atoms in total. The van der Waals surface area contributed by atoms with Crippen LogP contribution in [0, 0.1) is 5.92 Å². The van der Waals surface area contributed by atoms with E-state index in [4.69, 9.17) is 4.42 Å². The summed E-state index contributed by atoms with van der Waals surface area (Å²) in [5.41, 5.74) is 0. The van der Waals surface area contributed by atoms with Crippen LogP contribution >= 0.6 is 0 Å². The molecule has 2 heterocycles. The topological polar surface area (TPSA) is 69.8 Å². The smallest absolute Gasteiger partial charge is 0.291 e. The normalized spacial score (nSPS) is 24.6. The number of hydrogen-bond acceptors (Lipinski definition) is 5. The number of nitrogens with zero attached hydrogens (tertiary/aromatic N) is 3. The molecule has 6 heteroatoms. The summed E-state index contributed by atoms with van der Waals surface area (Å²) in [6, 6.07) is 0.187. The van der Waals surface area contributed by atoms with E-state index in [1.54, 1.807) is 4.90 Å². The summed E-state index contributed by atoms with van der Waals surface area (Å²) >= 11 is 0. The van der Waals surface area contributed by atoms with Crippen molar-refractivity contribution in [3.8, 4) is 0 Å². The third-order valence-corrected chi connectivity index (χ3v) is 3.23. The Hall–Kier alpha value is -1.40. The van der Waals surface area contributed by atoms with Gasteiger partial charge in [0.25, 0.3) is 5.91 Å². The first-order chi connectivity index (χ1) is 8.13. The lowest BCUT2D eigenvalue weighted by Gasteiger charge is -2.23. The Morgan fingerprint density at radius 2 is 2.41 bits per heavy atom. The standard InChI is InChI=1S/C11H17N3O3/c1-13(2)9-5-14(4-8(9)6-15)11(16)10-3-12-7-17-10/h3,7-9,15H,4-6H2,1-2H3/t8-,9+/m0/s1. The van der Waals surface area contributed by atoms with E-state index < -0.39 is 0 Å². The molecule has 1 aromatic rings. The first-order valence-electron chi connectivity index (χ1n) is 5.58. The van der Waals surface area contributed by atoms with Gasteiger partial charge in [-0.05, 0) is 14.1 Å². The summed E-state index contributed by atoms with van der Waals surface area (Å²) in [6.45, 7) is 1.25. The van der Waals surface area contributed by atoms with E-state index in [-0.39, 0.29) is 30.2 Å². The third-order valence-electron chi connectivity index (χ3n) is 3.23. The molecule has 0 radical (unpaired) electrons. The van der Waals surface area contributed by atoms with Gasteiger partial charge in [0.05, 0.1) is 6.20 Å². The lowest BCUT2D eigenvalue weighted by atomic mass is 10.0. The molecule has 2 rings (SSSR count). The van der Waals surface area contributed by atoms with E-state index in [2.05, 4.69) is 4.98 Å². The largest absolute Gasteiger partial charge is 0.438 e. The van der Waals surface area contributed by atoms with Crippen molar-refractivity contribution in [3.05, 3.63) is 18.4 Å². The van der Waals surface area contributed by atoms with Gasteiger partial charge < -0.3 is 19.3 Å². The monoisotopic (exact) mass is 239 g/mol. The van der Waals surface area contributed by atoms with Gasteiger partial charge in [0.2, 0.25) is 5.76 Å². The SMILES string of the molecule is CN(C)[C@@H]1CN(C(=O)c2cnco2)C[C@H]1CO. The van der Waals surface area contributed by atoms with Gasteiger partial charge in [-0.2, -0.15) is 0 Å². The molecule has 0 aliphatic carbocycles. The number of hydrogen-bond donors (Lipinski definition) is 1. The summed E-state index contributed by atoms with van der Waals surface area (Å²) < 4.78 is 4.99. The zero-order chi connectivity index (χ0) is 12.4. The molecule has 1 N–H and O–H groups in total. The first kappa shape index (κ1) is 12.1. The Bertz CT molecular complexity index is 377. The highest BCUT2D eigenvalue weighted by Crippen LogP contribution is 2.21. The van der Waals surface area contributed by atoms with Gasteiger partial charge in [-0.25, -0.2) is 4.98 Å². The number of aromatic nitrogens is 1. The summed E-state index contributed by atoms with van der Waals surface area (Å²) in [5, 5.41) is 9.32. The van der Waals surface area contributed by atoms with Gasteiger partial charge in [0.15, 0.2) is 6.39 Å². The van der Waals surface area contributed by atoms with E-state index in [9.17, 15) is 9.90 Å². The number of likely N-dealkylation sites (N-methyl/N-ethyl adjacent to an activating group) is 1. The van der Waals surface area contributed by atoms with Gasteiger partial charge in [-0.3, -0.25) is 4.79 Å². The van der Waals surface area contributed by atoms with Crippen LogP contribution < -0.4 is 0 Å². The van der Waals surface area contributed by atoms with Gasteiger partial charge in [0, 0.05) is 31.7 Å². The number of amides is 1. The lowest BCUT2D eigenvalue weighted by molar-refractivity contribution is 0.0747. The zero-order valence-corrected chi connectivity index (χ0v) is 10.0. The molecule has 94 valence electrons. The van der Waals surface area contributed by atoms with Crippen LogP contribution in [0.1, 0.15) is 10.6 Å². The molecule has 0 saturated carbocycles. The molecular weight excluding hydrogens is 222 g/mol. The van der Waals surface area contributed by atoms with Crippen molar-refractivity contribution < 1.29 is 14.3 Å². The summed E-state index contributed by atoms with van der Waals surface area (Å²) in [7, 11) is 3.91. The minimum absolute atomic E-state index is 0.0863. The number of carbonyl (C=O) groups is 1. The summed E-state index contributed by atoms with van der Waals surface area (Å²) in [4.78, 5) is 19.5. The third kappa shape index (κ3) is 2.32. The maximum absolute atomic E-state index is 12.0. The predicted octanol–water partition coefficient (Wildman–Crippen LogP) is -0.331. The maximum Gasteiger partial charge on any atom is 0.291 e. The highest BCUT2D eigenvalue weighted by atomic mass is 16.3. The molecule has 2 atom stereocenters. The Morgan fingerprint density at radius 1 is 1.65 bits per heavy atom. The fourth-order valence-corrected chi connectivity index (χ4v) is 2.26. The van der Waals surface area contributed by atoms with Crippen molar-refractivity contribution in [2.75, 3.05) is 33.8 Å². The molecule has 1 amide bonds. The van der Waals surface area contributed by atoms with Crippen LogP contribution in [0.25, 0.3) is 0 Å². The highest BCUT2D eigenvalue weighted by molar-refractivity contribution is 5.91. The number of rotatable bonds is 3. The number of aliphatic hydroxyl groups is 1. The fourth-order valence-electron chi connectivity index (χ4n) is 2.26. The molecular formula is C11H17N3O3. The number of likely N-dealkylation sites (tertiary alicyclic amines) is 1. The van der Waals surface area contributed by atoms with E-state index in [0.717, 1.165) is 0 Å².